The van der Waals surface area contributed by atoms with E-state index in [2.05, 4.69) is 5.32 Å². The normalized spacial score (nSPS) is 12.5. The summed E-state index contributed by atoms with van der Waals surface area (Å²) in [6.45, 7) is 6.71. The molecule has 5 heteroatoms. The monoisotopic (exact) mass is 342 g/mol. The van der Waals surface area contributed by atoms with Crippen LogP contribution in [0, 0.1) is 0 Å². The van der Waals surface area contributed by atoms with Gasteiger partial charge < -0.3 is 20.5 Å². The molecule has 2 aromatic rings. The van der Waals surface area contributed by atoms with E-state index in [1.807, 2.05) is 51.1 Å². The van der Waals surface area contributed by atoms with Crippen molar-refractivity contribution in [2.24, 2.45) is 5.73 Å². The van der Waals surface area contributed by atoms with E-state index in [1.54, 1.807) is 24.3 Å². The average Bonchev–Trinajstić information content (AvgIpc) is 2.59. The average molecular weight is 342 g/mol. The van der Waals surface area contributed by atoms with Crippen molar-refractivity contribution in [1.29, 1.82) is 0 Å². The lowest BCUT2D eigenvalue weighted by molar-refractivity contribution is -0.137. The Bertz CT molecular complexity index is 664. The molecule has 0 saturated heterocycles. The molecular weight excluding hydrogens is 316 g/mol. The highest BCUT2D eigenvalue weighted by atomic mass is 16.5. The van der Waals surface area contributed by atoms with Crippen molar-refractivity contribution in [2.45, 2.75) is 32.5 Å². The molecule has 1 unspecified atom stereocenters. The maximum Gasteiger partial charge on any atom is 0.258 e. The van der Waals surface area contributed by atoms with Gasteiger partial charge in [-0.2, -0.15) is 0 Å². The van der Waals surface area contributed by atoms with E-state index in [0.717, 1.165) is 5.56 Å². The van der Waals surface area contributed by atoms with Gasteiger partial charge in [0.05, 0.1) is 5.60 Å². The Kier molecular flexibility index (Phi) is 6.56. The van der Waals surface area contributed by atoms with Crippen LogP contribution in [0.1, 0.15) is 32.4 Å². The van der Waals surface area contributed by atoms with Crippen LogP contribution in [0.2, 0.25) is 0 Å². The zero-order chi connectivity index (χ0) is 18.3. The summed E-state index contributed by atoms with van der Waals surface area (Å²) in [6.07, 6.45) is -0.686. The molecule has 0 aliphatic carbocycles. The van der Waals surface area contributed by atoms with Gasteiger partial charge in [-0.15, -0.1) is 0 Å². The minimum Gasteiger partial charge on any atom is -0.492 e. The van der Waals surface area contributed by atoms with Crippen molar-refractivity contribution in [3.8, 4) is 5.75 Å². The maximum atomic E-state index is 12.8. The fourth-order valence-corrected chi connectivity index (χ4v) is 2.27. The predicted octanol–water partition coefficient (Wildman–Crippen LogP) is 3.52. The molecule has 0 aliphatic rings. The van der Waals surface area contributed by atoms with Gasteiger partial charge >= 0.3 is 0 Å². The highest BCUT2D eigenvalue weighted by molar-refractivity contribution is 5.95. The first-order chi connectivity index (χ1) is 11.9. The molecule has 0 aliphatic heterocycles. The smallest absolute Gasteiger partial charge is 0.258 e. The van der Waals surface area contributed by atoms with Crippen LogP contribution in [0.15, 0.2) is 54.6 Å². The zero-order valence-corrected chi connectivity index (χ0v) is 15.0. The molecule has 0 aromatic heterocycles. The summed E-state index contributed by atoms with van der Waals surface area (Å²) < 4.78 is 11.4. The Labute approximate surface area is 149 Å². The molecule has 134 valence electrons. The van der Waals surface area contributed by atoms with Gasteiger partial charge in [0.25, 0.3) is 5.91 Å². The Balaban J connectivity index is 2.11. The van der Waals surface area contributed by atoms with E-state index >= 15 is 0 Å². The second-order valence-corrected chi connectivity index (χ2v) is 6.67. The van der Waals surface area contributed by atoms with Gasteiger partial charge in [-0.3, -0.25) is 4.79 Å². The molecule has 5 nitrogen and oxygen atoms in total. The van der Waals surface area contributed by atoms with Crippen molar-refractivity contribution in [1.82, 2.24) is 0 Å². The quantitative estimate of drug-likeness (QED) is 0.807. The fraction of sp³-hybridized carbons (Fsp3) is 0.350. The Morgan fingerprint density at radius 2 is 1.72 bits per heavy atom. The third-order valence-electron chi connectivity index (χ3n) is 3.32. The van der Waals surface area contributed by atoms with Gasteiger partial charge in [0.15, 0.2) is 6.10 Å². The van der Waals surface area contributed by atoms with Crippen LogP contribution in [0.4, 0.5) is 5.69 Å². The summed E-state index contributed by atoms with van der Waals surface area (Å²) in [5.74, 6) is 0.505. The second kappa shape index (κ2) is 8.65. The van der Waals surface area contributed by atoms with Crippen LogP contribution in [0.25, 0.3) is 0 Å². The third-order valence-corrected chi connectivity index (χ3v) is 3.32. The van der Waals surface area contributed by atoms with Crippen LogP contribution in [0.3, 0.4) is 0 Å². The van der Waals surface area contributed by atoms with E-state index in [4.69, 9.17) is 15.2 Å². The SMILES string of the molecule is CC(C)(C)OC(C(=O)Nc1ccc(OCCN)cc1)c1ccccc1. The number of ether oxygens (including phenoxy) is 2. The number of benzene rings is 2. The number of carbonyl (C=O) groups is 1. The molecule has 0 heterocycles. The number of amides is 1. The van der Waals surface area contributed by atoms with Gasteiger partial charge in [-0.05, 0) is 50.6 Å². The topological polar surface area (TPSA) is 73.6 Å². The van der Waals surface area contributed by atoms with E-state index in [9.17, 15) is 4.79 Å². The van der Waals surface area contributed by atoms with Crippen LogP contribution in [-0.2, 0) is 9.53 Å². The molecular formula is C20H26N2O3. The first kappa shape index (κ1) is 19.0. The van der Waals surface area contributed by atoms with Crippen molar-refractivity contribution in [3.63, 3.8) is 0 Å². The van der Waals surface area contributed by atoms with Crippen molar-refractivity contribution in [2.75, 3.05) is 18.5 Å². The highest BCUT2D eigenvalue weighted by Crippen LogP contribution is 2.26. The summed E-state index contributed by atoms with van der Waals surface area (Å²) in [5, 5.41) is 2.90. The van der Waals surface area contributed by atoms with E-state index in [0.29, 0.717) is 24.6 Å². The molecule has 1 amide bonds. The van der Waals surface area contributed by atoms with Gasteiger partial charge in [0, 0.05) is 12.2 Å². The molecule has 0 fully saturated rings. The number of nitrogens with one attached hydrogen (secondary N) is 1. The zero-order valence-electron chi connectivity index (χ0n) is 15.0. The third kappa shape index (κ3) is 6.21. The fourth-order valence-electron chi connectivity index (χ4n) is 2.27. The summed E-state index contributed by atoms with van der Waals surface area (Å²) in [6, 6.07) is 16.7. The van der Waals surface area contributed by atoms with E-state index in [-0.39, 0.29) is 5.91 Å². The first-order valence-corrected chi connectivity index (χ1v) is 8.35. The van der Waals surface area contributed by atoms with Crippen molar-refractivity contribution >= 4 is 11.6 Å². The molecule has 25 heavy (non-hydrogen) atoms. The Hall–Kier alpha value is -2.37. The summed E-state index contributed by atoms with van der Waals surface area (Å²) in [7, 11) is 0. The first-order valence-electron chi connectivity index (χ1n) is 8.35. The number of nitrogens with two attached hydrogens (primary N) is 1. The van der Waals surface area contributed by atoms with E-state index in [1.165, 1.54) is 0 Å². The van der Waals surface area contributed by atoms with Crippen molar-refractivity contribution in [3.05, 3.63) is 60.2 Å². The number of rotatable bonds is 7. The number of anilines is 1. The number of hydrogen-bond acceptors (Lipinski definition) is 4. The lowest BCUT2D eigenvalue weighted by atomic mass is 10.1. The molecule has 3 N–H and O–H groups in total. The minimum absolute atomic E-state index is 0.211. The molecule has 2 aromatic carbocycles. The summed E-state index contributed by atoms with van der Waals surface area (Å²) >= 11 is 0. The maximum absolute atomic E-state index is 12.8. The van der Waals surface area contributed by atoms with Gasteiger partial charge in [-0.1, -0.05) is 30.3 Å². The highest BCUT2D eigenvalue weighted by Gasteiger charge is 2.27. The predicted molar refractivity (Wildman–Crippen MR) is 99.6 cm³/mol. The number of hydrogen-bond donors (Lipinski definition) is 2. The van der Waals surface area contributed by atoms with Gasteiger partial charge in [-0.25, -0.2) is 0 Å². The molecule has 0 radical (unpaired) electrons. The van der Waals surface area contributed by atoms with E-state index < -0.39 is 11.7 Å². The Morgan fingerprint density at radius 1 is 1.08 bits per heavy atom. The van der Waals surface area contributed by atoms with Gasteiger partial charge in [0.1, 0.15) is 12.4 Å². The van der Waals surface area contributed by atoms with Crippen LogP contribution in [-0.4, -0.2) is 24.7 Å². The molecule has 2 rings (SSSR count). The summed E-state index contributed by atoms with van der Waals surface area (Å²) in [5.41, 5.74) is 6.47. The standard InChI is InChI=1S/C20H26N2O3/c1-20(2,3)25-18(15-7-5-4-6-8-15)19(23)22-16-9-11-17(12-10-16)24-14-13-21/h4-12,18H,13-14,21H2,1-3H3,(H,22,23). The summed E-state index contributed by atoms with van der Waals surface area (Å²) in [4.78, 5) is 12.8. The van der Waals surface area contributed by atoms with Gasteiger partial charge in [0.2, 0.25) is 0 Å². The van der Waals surface area contributed by atoms with Crippen molar-refractivity contribution < 1.29 is 14.3 Å². The lowest BCUT2D eigenvalue weighted by Gasteiger charge is -2.27. The largest absolute Gasteiger partial charge is 0.492 e. The lowest BCUT2D eigenvalue weighted by Crippen LogP contribution is -2.31. The van der Waals surface area contributed by atoms with Crippen LogP contribution in [0.5, 0.6) is 5.75 Å². The molecule has 0 spiro atoms. The minimum atomic E-state index is -0.686. The van der Waals surface area contributed by atoms with Crippen LogP contribution < -0.4 is 15.8 Å². The Morgan fingerprint density at radius 3 is 2.28 bits per heavy atom. The number of carbonyl (C=O) groups excluding carboxylic acids is 1. The second-order valence-electron chi connectivity index (χ2n) is 6.67. The van der Waals surface area contributed by atoms with Crippen LogP contribution >= 0.6 is 0 Å². The molecule has 0 saturated carbocycles. The molecule has 0 bridgehead atoms. The molecule has 1 atom stereocenters.